The Morgan fingerprint density at radius 3 is 2.23 bits per heavy atom. The van der Waals surface area contributed by atoms with Crippen molar-refractivity contribution in [1.82, 2.24) is 4.90 Å². The number of benzene rings is 2. The number of nitro benzene ring substituents is 1. The first kappa shape index (κ1) is 18.2. The summed E-state index contributed by atoms with van der Waals surface area (Å²) in [4.78, 5) is 14.4. The summed E-state index contributed by atoms with van der Waals surface area (Å²) in [6, 6.07) is 11.8. The monoisotopic (exact) mass is 365 g/mol. The standard InChI is InChI=1S/C18H18F3N3O2/c19-18(20,21)15-2-1-3-17(12-15)23-10-8-22(9-11-23)13-14-4-6-16(7-5-14)24(25)26/h1-7,12H,8-11,13H2. The Morgan fingerprint density at radius 2 is 1.65 bits per heavy atom. The van der Waals surface area contributed by atoms with Crippen molar-refractivity contribution in [3.63, 3.8) is 0 Å². The summed E-state index contributed by atoms with van der Waals surface area (Å²) in [6.45, 7) is 3.36. The highest BCUT2D eigenvalue weighted by Crippen LogP contribution is 2.32. The Balaban J connectivity index is 1.58. The molecule has 0 unspecified atom stereocenters. The number of alkyl halides is 3. The van der Waals surface area contributed by atoms with E-state index in [0.29, 0.717) is 38.4 Å². The van der Waals surface area contributed by atoms with Gasteiger partial charge in [-0.1, -0.05) is 18.2 Å². The van der Waals surface area contributed by atoms with Crippen molar-refractivity contribution in [3.8, 4) is 0 Å². The molecule has 138 valence electrons. The number of hydrogen-bond acceptors (Lipinski definition) is 4. The lowest BCUT2D eigenvalue weighted by Crippen LogP contribution is -2.46. The van der Waals surface area contributed by atoms with Crippen LogP contribution >= 0.6 is 0 Å². The average molecular weight is 365 g/mol. The molecule has 0 amide bonds. The van der Waals surface area contributed by atoms with Crippen LogP contribution in [0.15, 0.2) is 48.5 Å². The van der Waals surface area contributed by atoms with Gasteiger partial charge in [-0.3, -0.25) is 15.0 Å². The maximum atomic E-state index is 12.8. The van der Waals surface area contributed by atoms with Crippen LogP contribution in [0.25, 0.3) is 0 Å². The largest absolute Gasteiger partial charge is 0.416 e. The second-order valence-corrected chi connectivity index (χ2v) is 6.23. The van der Waals surface area contributed by atoms with Crippen LogP contribution in [0.4, 0.5) is 24.5 Å². The fourth-order valence-corrected chi connectivity index (χ4v) is 3.02. The van der Waals surface area contributed by atoms with Crippen LogP contribution in [-0.2, 0) is 12.7 Å². The Kier molecular flexibility index (Phi) is 5.13. The molecule has 1 aliphatic heterocycles. The zero-order valence-electron chi connectivity index (χ0n) is 13.9. The van der Waals surface area contributed by atoms with E-state index in [1.165, 1.54) is 24.3 Å². The molecule has 5 nitrogen and oxygen atoms in total. The molecule has 8 heteroatoms. The van der Waals surface area contributed by atoms with E-state index in [9.17, 15) is 23.3 Å². The van der Waals surface area contributed by atoms with E-state index >= 15 is 0 Å². The number of hydrogen-bond donors (Lipinski definition) is 0. The topological polar surface area (TPSA) is 49.6 Å². The quantitative estimate of drug-likeness (QED) is 0.608. The molecule has 2 aromatic rings. The number of halogens is 3. The van der Waals surface area contributed by atoms with Crippen LogP contribution in [0.2, 0.25) is 0 Å². The molecule has 3 rings (SSSR count). The van der Waals surface area contributed by atoms with Gasteiger partial charge >= 0.3 is 6.18 Å². The number of rotatable bonds is 4. The van der Waals surface area contributed by atoms with Crippen LogP contribution < -0.4 is 4.90 Å². The van der Waals surface area contributed by atoms with Gasteiger partial charge in [0.2, 0.25) is 0 Å². The van der Waals surface area contributed by atoms with Gasteiger partial charge in [0.15, 0.2) is 0 Å². The molecule has 1 saturated heterocycles. The van der Waals surface area contributed by atoms with E-state index in [0.717, 1.165) is 11.6 Å². The Morgan fingerprint density at radius 1 is 1.00 bits per heavy atom. The van der Waals surface area contributed by atoms with Crippen molar-refractivity contribution >= 4 is 11.4 Å². The summed E-state index contributed by atoms with van der Waals surface area (Å²) in [5.41, 5.74) is 0.976. The predicted octanol–water partition coefficient (Wildman–Crippen LogP) is 3.94. The molecule has 0 N–H and O–H groups in total. The van der Waals surface area contributed by atoms with E-state index in [-0.39, 0.29) is 5.69 Å². The van der Waals surface area contributed by atoms with Crippen molar-refractivity contribution in [2.24, 2.45) is 0 Å². The molecule has 1 heterocycles. The predicted molar refractivity (Wildman–Crippen MR) is 92.0 cm³/mol. The molecule has 0 radical (unpaired) electrons. The van der Waals surface area contributed by atoms with Gasteiger partial charge in [-0.05, 0) is 23.8 Å². The molecule has 26 heavy (non-hydrogen) atoms. The van der Waals surface area contributed by atoms with Crippen LogP contribution in [0.1, 0.15) is 11.1 Å². The first-order valence-corrected chi connectivity index (χ1v) is 8.21. The molecule has 0 bridgehead atoms. The van der Waals surface area contributed by atoms with Crippen molar-refractivity contribution < 1.29 is 18.1 Å². The maximum absolute atomic E-state index is 12.8. The summed E-state index contributed by atoms with van der Waals surface area (Å²) in [7, 11) is 0. The third kappa shape index (κ3) is 4.32. The summed E-state index contributed by atoms with van der Waals surface area (Å²) >= 11 is 0. The Bertz CT molecular complexity index is 770. The molecule has 0 saturated carbocycles. The van der Waals surface area contributed by atoms with Crippen LogP contribution in [0, 0.1) is 10.1 Å². The Hall–Kier alpha value is -2.61. The molecule has 0 spiro atoms. The third-order valence-corrected chi connectivity index (χ3v) is 4.46. The summed E-state index contributed by atoms with van der Waals surface area (Å²) in [5, 5.41) is 10.7. The molecule has 1 fully saturated rings. The zero-order chi connectivity index (χ0) is 18.7. The van der Waals surface area contributed by atoms with Gasteiger partial charge in [0.25, 0.3) is 5.69 Å². The van der Waals surface area contributed by atoms with Crippen LogP contribution in [0.3, 0.4) is 0 Å². The third-order valence-electron chi connectivity index (χ3n) is 4.46. The molecule has 0 aliphatic carbocycles. The van der Waals surface area contributed by atoms with Gasteiger partial charge in [-0.15, -0.1) is 0 Å². The zero-order valence-corrected chi connectivity index (χ0v) is 13.9. The van der Waals surface area contributed by atoms with Gasteiger partial charge in [0, 0.05) is 50.5 Å². The van der Waals surface area contributed by atoms with Crippen molar-refractivity contribution in [1.29, 1.82) is 0 Å². The molecule has 0 aromatic heterocycles. The minimum atomic E-state index is -4.34. The fourth-order valence-electron chi connectivity index (χ4n) is 3.02. The number of piperazine rings is 1. The van der Waals surface area contributed by atoms with E-state index in [4.69, 9.17) is 0 Å². The van der Waals surface area contributed by atoms with E-state index in [1.54, 1.807) is 18.2 Å². The molecule has 2 aromatic carbocycles. The van der Waals surface area contributed by atoms with E-state index in [1.807, 2.05) is 4.90 Å². The molecule has 0 atom stereocenters. The lowest BCUT2D eigenvalue weighted by atomic mass is 10.1. The summed E-state index contributed by atoms with van der Waals surface area (Å²) in [6.07, 6.45) is -4.34. The second-order valence-electron chi connectivity index (χ2n) is 6.23. The fraction of sp³-hybridized carbons (Fsp3) is 0.333. The van der Waals surface area contributed by atoms with Crippen LogP contribution in [0.5, 0.6) is 0 Å². The average Bonchev–Trinajstić information content (AvgIpc) is 2.62. The number of anilines is 1. The normalized spacial score (nSPS) is 15.9. The van der Waals surface area contributed by atoms with E-state index in [2.05, 4.69) is 4.90 Å². The maximum Gasteiger partial charge on any atom is 0.416 e. The minimum absolute atomic E-state index is 0.0584. The van der Waals surface area contributed by atoms with Gasteiger partial charge in [0.05, 0.1) is 10.5 Å². The minimum Gasteiger partial charge on any atom is -0.369 e. The SMILES string of the molecule is O=[N+]([O-])c1ccc(CN2CCN(c3cccc(C(F)(F)F)c3)CC2)cc1. The first-order valence-electron chi connectivity index (χ1n) is 8.21. The highest BCUT2D eigenvalue weighted by molar-refractivity contribution is 5.49. The highest BCUT2D eigenvalue weighted by atomic mass is 19.4. The number of nitrogens with zero attached hydrogens (tertiary/aromatic N) is 3. The molecular formula is C18H18F3N3O2. The lowest BCUT2D eigenvalue weighted by Gasteiger charge is -2.36. The van der Waals surface area contributed by atoms with E-state index < -0.39 is 16.7 Å². The van der Waals surface area contributed by atoms with Gasteiger partial charge in [-0.2, -0.15) is 13.2 Å². The van der Waals surface area contributed by atoms with Gasteiger partial charge < -0.3 is 4.90 Å². The molecular weight excluding hydrogens is 347 g/mol. The van der Waals surface area contributed by atoms with Crippen molar-refractivity contribution in [2.45, 2.75) is 12.7 Å². The van der Waals surface area contributed by atoms with Gasteiger partial charge in [-0.25, -0.2) is 0 Å². The summed E-state index contributed by atoms with van der Waals surface area (Å²) < 4.78 is 38.5. The van der Waals surface area contributed by atoms with Gasteiger partial charge in [0.1, 0.15) is 0 Å². The Labute approximate surface area is 148 Å². The molecule has 1 aliphatic rings. The van der Waals surface area contributed by atoms with Crippen LogP contribution in [-0.4, -0.2) is 36.0 Å². The number of nitro groups is 1. The van der Waals surface area contributed by atoms with Crippen molar-refractivity contribution in [2.75, 3.05) is 31.1 Å². The first-order chi connectivity index (χ1) is 12.3. The second kappa shape index (κ2) is 7.33. The smallest absolute Gasteiger partial charge is 0.369 e. The summed E-state index contributed by atoms with van der Waals surface area (Å²) in [5.74, 6) is 0. The highest BCUT2D eigenvalue weighted by Gasteiger charge is 2.31. The number of non-ortho nitro benzene ring substituents is 1. The van der Waals surface area contributed by atoms with Crippen molar-refractivity contribution in [3.05, 3.63) is 69.8 Å². The lowest BCUT2D eigenvalue weighted by molar-refractivity contribution is -0.384.